The van der Waals surface area contributed by atoms with Crippen LogP contribution < -0.4 is 9.64 Å². The van der Waals surface area contributed by atoms with E-state index in [0.717, 1.165) is 78.5 Å². The number of anilines is 3. The van der Waals surface area contributed by atoms with Gasteiger partial charge in [0.2, 0.25) is 0 Å². The Hall–Kier alpha value is -7.30. The molecule has 0 spiro atoms. The molecule has 0 bridgehead atoms. The molecule has 9 aromatic rings. The number of nitrogens with zero attached hydrogens (tertiary/aromatic N) is 3. The Bertz CT molecular complexity index is 2900. The Morgan fingerprint density at radius 3 is 1.88 bits per heavy atom. The Morgan fingerprint density at radius 1 is 0.500 bits per heavy atom. The standard InChI is InChI=1S/C54H41N3O/c1-36-28-37(2)53(38(3)29-36)42-30-41(49-33-39-16-7-8-17-40(39)35-56-49)31-46(32-42)58-45-21-15-18-43(34-45)54(52-26-13-14-27-55-52)47-22-9-11-24-50(47)57(44-19-5-4-6-20-44)51-25-12-10-23-48(51)54/h4-35H,1-3H3. The van der Waals surface area contributed by atoms with Crippen LogP contribution in [0.15, 0.2) is 194 Å². The number of hydrogen-bond acceptors (Lipinski definition) is 4. The topological polar surface area (TPSA) is 38.2 Å². The quantitative estimate of drug-likeness (QED) is 0.163. The number of ether oxygens (including phenoxy) is 1. The van der Waals surface area contributed by atoms with E-state index in [4.69, 9.17) is 14.7 Å². The Kier molecular flexibility index (Phi) is 8.68. The molecule has 4 nitrogen and oxygen atoms in total. The molecular formula is C54H41N3O. The van der Waals surface area contributed by atoms with Gasteiger partial charge in [-0.15, -0.1) is 0 Å². The fraction of sp³-hybridized carbons (Fsp3) is 0.0741. The van der Waals surface area contributed by atoms with Crippen LogP contribution in [0.4, 0.5) is 17.1 Å². The van der Waals surface area contributed by atoms with Gasteiger partial charge in [0.15, 0.2) is 0 Å². The summed E-state index contributed by atoms with van der Waals surface area (Å²) >= 11 is 0. The molecule has 2 aromatic heterocycles. The van der Waals surface area contributed by atoms with Crippen LogP contribution in [-0.2, 0) is 5.41 Å². The van der Waals surface area contributed by atoms with E-state index >= 15 is 0 Å². The van der Waals surface area contributed by atoms with Gasteiger partial charge in [0.25, 0.3) is 0 Å². The third-order valence-corrected chi connectivity index (χ3v) is 11.5. The Labute approximate surface area is 339 Å². The zero-order chi connectivity index (χ0) is 39.2. The number of aromatic nitrogens is 2. The summed E-state index contributed by atoms with van der Waals surface area (Å²) in [5, 5.41) is 2.26. The molecule has 58 heavy (non-hydrogen) atoms. The Balaban J connectivity index is 1.16. The number of hydrogen-bond donors (Lipinski definition) is 0. The first-order valence-corrected chi connectivity index (χ1v) is 19.8. The van der Waals surface area contributed by atoms with Crippen molar-refractivity contribution in [2.75, 3.05) is 4.90 Å². The Morgan fingerprint density at radius 2 is 1.16 bits per heavy atom. The molecule has 0 unspecified atom stereocenters. The fourth-order valence-corrected chi connectivity index (χ4v) is 9.18. The summed E-state index contributed by atoms with van der Waals surface area (Å²) in [4.78, 5) is 12.4. The van der Waals surface area contributed by atoms with Gasteiger partial charge in [0, 0.05) is 29.0 Å². The molecule has 0 saturated heterocycles. The highest BCUT2D eigenvalue weighted by atomic mass is 16.5. The van der Waals surface area contributed by atoms with Crippen molar-refractivity contribution in [1.29, 1.82) is 0 Å². The van der Waals surface area contributed by atoms with Crippen molar-refractivity contribution in [2.45, 2.75) is 26.2 Å². The minimum atomic E-state index is -0.753. The molecule has 3 heterocycles. The first-order chi connectivity index (χ1) is 28.5. The lowest BCUT2D eigenvalue weighted by atomic mass is 9.64. The van der Waals surface area contributed by atoms with Crippen LogP contribution in [0.5, 0.6) is 11.5 Å². The fourth-order valence-electron chi connectivity index (χ4n) is 9.18. The normalized spacial score (nSPS) is 12.8. The second-order valence-electron chi connectivity index (χ2n) is 15.2. The number of rotatable bonds is 7. The van der Waals surface area contributed by atoms with Gasteiger partial charge in [-0.2, -0.15) is 0 Å². The predicted octanol–water partition coefficient (Wildman–Crippen LogP) is 13.8. The van der Waals surface area contributed by atoms with Crippen LogP contribution >= 0.6 is 0 Å². The highest BCUT2D eigenvalue weighted by molar-refractivity contribution is 5.90. The molecule has 7 aromatic carbocycles. The largest absolute Gasteiger partial charge is 0.457 e. The molecule has 0 saturated carbocycles. The third kappa shape index (κ3) is 5.93. The highest BCUT2D eigenvalue weighted by Crippen LogP contribution is 2.57. The van der Waals surface area contributed by atoms with Crippen molar-refractivity contribution in [2.24, 2.45) is 0 Å². The lowest BCUT2D eigenvalue weighted by Gasteiger charge is -2.45. The number of pyridine rings is 2. The van der Waals surface area contributed by atoms with Gasteiger partial charge < -0.3 is 9.64 Å². The number of para-hydroxylation sites is 3. The maximum absolute atomic E-state index is 7.01. The van der Waals surface area contributed by atoms with E-state index in [9.17, 15) is 0 Å². The van der Waals surface area contributed by atoms with Gasteiger partial charge >= 0.3 is 0 Å². The van der Waals surface area contributed by atoms with E-state index in [2.05, 4.69) is 202 Å². The molecule has 278 valence electrons. The van der Waals surface area contributed by atoms with E-state index in [1.165, 1.54) is 22.3 Å². The molecule has 0 radical (unpaired) electrons. The zero-order valence-electron chi connectivity index (χ0n) is 32.7. The monoisotopic (exact) mass is 747 g/mol. The summed E-state index contributed by atoms with van der Waals surface area (Å²) in [6.07, 6.45) is 3.86. The van der Waals surface area contributed by atoms with Crippen LogP contribution in [0.1, 0.15) is 39.1 Å². The third-order valence-electron chi connectivity index (χ3n) is 11.5. The summed E-state index contributed by atoms with van der Waals surface area (Å²) in [6, 6.07) is 64.4. The lowest BCUT2D eigenvalue weighted by Crippen LogP contribution is -2.38. The molecule has 0 aliphatic carbocycles. The molecule has 4 heteroatoms. The average molecular weight is 748 g/mol. The van der Waals surface area contributed by atoms with Crippen molar-refractivity contribution >= 4 is 27.8 Å². The van der Waals surface area contributed by atoms with Crippen LogP contribution in [0, 0.1) is 20.8 Å². The SMILES string of the molecule is Cc1cc(C)c(-c2cc(Oc3cccc(C4(c5ccccn5)c5ccccc5N(c5ccccc5)c5ccccc54)c3)cc(-c3cc4ccccc4cn3)c2)c(C)c1. The minimum Gasteiger partial charge on any atom is -0.457 e. The number of benzene rings is 7. The van der Waals surface area contributed by atoms with Crippen molar-refractivity contribution in [3.8, 4) is 33.9 Å². The van der Waals surface area contributed by atoms with Gasteiger partial charge in [0.05, 0.1) is 28.2 Å². The van der Waals surface area contributed by atoms with Gasteiger partial charge in [0.1, 0.15) is 11.5 Å². The summed E-state index contributed by atoms with van der Waals surface area (Å²) in [7, 11) is 0. The van der Waals surface area contributed by atoms with Crippen LogP contribution in [0.2, 0.25) is 0 Å². The zero-order valence-corrected chi connectivity index (χ0v) is 32.7. The number of aryl methyl sites for hydroxylation is 3. The number of fused-ring (bicyclic) bond motifs is 3. The van der Waals surface area contributed by atoms with Gasteiger partial charge in [-0.1, -0.05) is 115 Å². The maximum Gasteiger partial charge on any atom is 0.128 e. The molecule has 0 fully saturated rings. The maximum atomic E-state index is 7.01. The average Bonchev–Trinajstić information content (AvgIpc) is 3.25. The highest BCUT2D eigenvalue weighted by Gasteiger charge is 2.47. The first kappa shape index (κ1) is 35.1. The second kappa shape index (κ2) is 14.3. The lowest BCUT2D eigenvalue weighted by molar-refractivity contribution is 0.481. The van der Waals surface area contributed by atoms with Gasteiger partial charge in [-0.3, -0.25) is 9.97 Å². The summed E-state index contributed by atoms with van der Waals surface area (Å²) in [6.45, 7) is 6.53. The van der Waals surface area contributed by atoms with E-state index in [0.29, 0.717) is 0 Å². The van der Waals surface area contributed by atoms with E-state index in [1.54, 1.807) is 0 Å². The van der Waals surface area contributed by atoms with E-state index in [-0.39, 0.29) is 0 Å². The minimum absolute atomic E-state index is 0.736. The van der Waals surface area contributed by atoms with Crippen LogP contribution in [0.25, 0.3) is 33.2 Å². The molecular weight excluding hydrogens is 707 g/mol. The van der Waals surface area contributed by atoms with Crippen LogP contribution in [-0.4, -0.2) is 9.97 Å². The summed E-state index contributed by atoms with van der Waals surface area (Å²) < 4.78 is 7.01. The van der Waals surface area contributed by atoms with Crippen molar-refractivity contribution in [3.05, 3.63) is 233 Å². The molecule has 0 atom stereocenters. The summed E-state index contributed by atoms with van der Waals surface area (Å²) in [5.41, 5.74) is 14.7. The van der Waals surface area contributed by atoms with Crippen molar-refractivity contribution in [1.82, 2.24) is 9.97 Å². The molecule has 10 rings (SSSR count). The molecule has 0 amide bonds. The smallest absolute Gasteiger partial charge is 0.128 e. The molecule has 1 aliphatic heterocycles. The van der Waals surface area contributed by atoms with Crippen molar-refractivity contribution in [3.63, 3.8) is 0 Å². The predicted molar refractivity (Wildman–Crippen MR) is 238 cm³/mol. The van der Waals surface area contributed by atoms with E-state index in [1.807, 2.05) is 18.5 Å². The second-order valence-corrected chi connectivity index (χ2v) is 15.2. The van der Waals surface area contributed by atoms with Gasteiger partial charge in [-0.05, 0) is 138 Å². The first-order valence-electron chi connectivity index (χ1n) is 19.8. The summed E-state index contributed by atoms with van der Waals surface area (Å²) in [5.74, 6) is 1.48. The molecule has 0 N–H and O–H groups in total. The van der Waals surface area contributed by atoms with E-state index < -0.39 is 5.41 Å². The molecule has 1 aliphatic rings. The van der Waals surface area contributed by atoms with Crippen molar-refractivity contribution < 1.29 is 4.74 Å². The van der Waals surface area contributed by atoms with Crippen LogP contribution in [0.3, 0.4) is 0 Å². The van der Waals surface area contributed by atoms with Gasteiger partial charge in [-0.25, -0.2) is 0 Å².